The molecule has 2 aromatic carbocycles. The maximum Gasteiger partial charge on any atom is 0.241 e. The van der Waals surface area contributed by atoms with Crippen LogP contribution in [0.5, 0.6) is 5.75 Å². The Morgan fingerprint density at radius 1 is 0.848 bits per heavy atom. The van der Waals surface area contributed by atoms with Crippen LogP contribution in [-0.2, 0) is 13.1 Å². The summed E-state index contributed by atoms with van der Waals surface area (Å²) in [6, 6.07) is 15.9. The van der Waals surface area contributed by atoms with E-state index in [4.69, 9.17) is 13.7 Å². The molecule has 5 rings (SSSR count). The molecule has 0 N–H and O–H groups in total. The monoisotopic (exact) mass is 445 g/mol. The van der Waals surface area contributed by atoms with Crippen LogP contribution >= 0.6 is 0 Å². The highest BCUT2D eigenvalue weighted by molar-refractivity contribution is 5.55. The predicted octanol–water partition coefficient (Wildman–Crippen LogP) is 4.03. The Labute approximate surface area is 192 Å². The number of oxazole rings is 1. The summed E-state index contributed by atoms with van der Waals surface area (Å²) >= 11 is 0. The van der Waals surface area contributed by atoms with Gasteiger partial charge in [-0.3, -0.25) is 9.80 Å². The van der Waals surface area contributed by atoms with Crippen LogP contribution in [0.3, 0.4) is 0 Å². The molecular weight excluding hydrogens is 418 g/mol. The Balaban J connectivity index is 1.12. The van der Waals surface area contributed by atoms with Gasteiger partial charge in [0, 0.05) is 43.9 Å². The lowest BCUT2D eigenvalue weighted by atomic mass is 10.1. The van der Waals surface area contributed by atoms with E-state index in [2.05, 4.69) is 44.0 Å². The van der Waals surface area contributed by atoms with Crippen molar-refractivity contribution in [2.24, 2.45) is 0 Å². The highest BCUT2D eigenvalue weighted by atomic mass is 16.5. The number of rotatable bonds is 7. The molecule has 2 aromatic heterocycles. The zero-order valence-electron chi connectivity index (χ0n) is 18.9. The Hall–Kier alpha value is -3.49. The molecule has 0 amide bonds. The van der Waals surface area contributed by atoms with Crippen molar-refractivity contribution in [2.45, 2.75) is 20.0 Å². The molecule has 0 unspecified atom stereocenters. The summed E-state index contributed by atoms with van der Waals surface area (Å²) in [4.78, 5) is 14.0. The van der Waals surface area contributed by atoms with Crippen LogP contribution in [0, 0.1) is 6.92 Å². The Morgan fingerprint density at radius 3 is 2.21 bits per heavy atom. The van der Waals surface area contributed by atoms with Crippen LogP contribution in [0.25, 0.3) is 22.8 Å². The van der Waals surface area contributed by atoms with E-state index >= 15 is 0 Å². The second-order valence-corrected chi connectivity index (χ2v) is 8.30. The number of benzene rings is 2. The van der Waals surface area contributed by atoms with Crippen LogP contribution < -0.4 is 4.74 Å². The number of methoxy groups -OCH3 is 1. The normalized spacial score (nSPS) is 15.1. The van der Waals surface area contributed by atoms with Crippen molar-refractivity contribution in [1.29, 1.82) is 0 Å². The van der Waals surface area contributed by atoms with Gasteiger partial charge in [0.15, 0.2) is 0 Å². The molecule has 1 aliphatic rings. The van der Waals surface area contributed by atoms with Crippen molar-refractivity contribution < 1.29 is 13.7 Å². The first-order valence-corrected chi connectivity index (χ1v) is 11.1. The molecule has 33 heavy (non-hydrogen) atoms. The van der Waals surface area contributed by atoms with Crippen molar-refractivity contribution in [3.8, 4) is 28.6 Å². The average molecular weight is 446 g/mol. The van der Waals surface area contributed by atoms with Gasteiger partial charge in [0.25, 0.3) is 0 Å². The number of ether oxygens (including phenoxy) is 1. The molecule has 1 aliphatic heterocycles. The highest BCUT2D eigenvalue weighted by Gasteiger charge is 2.21. The number of hydrogen-bond acceptors (Lipinski definition) is 8. The van der Waals surface area contributed by atoms with Crippen LogP contribution in [0.4, 0.5) is 0 Å². The van der Waals surface area contributed by atoms with Crippen LogP contribution in [0.1, 0.15) is 17.1 Å². The molecule has 8 heteroatoms. The summed E-state index contributed by atoms with van der Waals surface area (Å²) in [7, 11) is 1.66. The molecule has 0 bridgehead atoms. The fourth-order valence-electron chi connectivity index (χ4n) is 3.91. The number of aryl methyl sites for hydroxylation is 1. The second-order valence-electron chi connectivity index (χ2n) is 8.30. The third-order valence-electron chi connectivity index (χ3n) is 5.88. The molecule has 0 spiro atoms. The van der Waals surface area contributed by atoms with Gasteiger partial charge in [0.05, 0.1) is 19.3 Å². The maximum atomic E-state index is 5.69. The molecule has 4 aromatic rings. The standard InChI is InChI=1S/C25H27N5O3/c1-18-3-5-19(6-4-18)24-27-23(33-28-24)16-30-13-11-29(12-14-30)15-21-17-32-25(26-21)20-7-9-22(31-2)10-8-20/h3-10,17H,11-16H2,1-2H3. The lowest BCUT2D eigenvalue weighted by Gasteiger charge is -2.33. The summed E-state index contributed by atoms with van der Waals surface area (Å²) in [6.07, 6.45) is 1.75. The first kappa shape index (κ1) is 21.4. The van der Waals surface area contributed by atoms with Crippen molar-refractivity contribution in [2.75, 3.05) is 33.3 Å². The van der Waals surface area contributed by atoms with Gasteiger partial charge in [-0.1, -0.05) is 35.0 Å². The number of nitrogens with zero attached hydrogens (tertiary/aromatic N) is 5. The molecular formula is C25H27N5O3. The average Bonchev–Trinajstić information content (AvgIpc) is 3.51. The van der Waals surface area contributed by atoms with E-state index in [9.17, 15) is 0 Å². The summed E-state index contributed by atoms with van der Waals surface area (Å²) in [5.41, 5.74) is 4.07. The van der Waals surface area contributed by atoms with Gasteiger partial charge in [-0.2, -0.15) is 4.98 Å². The smallest absolute Gasteiger partial charge is 0.241 e. The molecule has 1 fully saturated rings. The van der Waals surface area contributed by atoms with E-state index in [1.54, 1.807) is 13.4 Å². The zero-order chi connectivity index (χ0) is 22.6. The summed E-state index contributed by atoms with van der Waals surface area (Å²) in [5, 5.41) is 4.14. The number of piperazine rings is 1. The van der Waals surface area contributed by atoms with Gasteiger partial charge >= 0.3 is 0 Å². The largest absolute Gasteiger partial charge is 0.497 e. The van der Waals surface area contributed by atoms with Crippen LogP contribution in [-0.4, -0.2) is 58.2 Å². The fourth-order valence-corrected chi connectivity index (χ4v) is 3.91. The quantitative estimate of drug-likeness (QED) is 0.422. The molecule has 0 saturated carbocycles. The second kappa shape index (κ2) is 9.56. The SMILES string of the molecule is COc1ccc(-c2nc(CN3CCN(Cc4nc(-c5ccc(C)cc5)no4)CC3)co2)cc1. The van der Waals surface area contributed by atoms with Gasteiger partial charge in [0.1, 0.15) is 12.0 Å². The van der Waals surface area contributed by atoms with Crippen molar-refractivity contribution in [3.05, 3.63) is 71.9 Å². The fraction of sp³-hybridized carbons (Fsp3) is 0.320. The van der Waals surface area contributed by atoms with Crippen molar-refractivity contribution in [1.82, 2.24) is 24.9 Å². The van der Waals surface area contributed by atoms with Gasteiger partial charge in [-0.25, -0.2) is 4.98 Å². The molecule has 1 saturated heterocycles. The highest BCUT2D eigenvalue weighted by Crippen LogP contribution is 2.23. The van der Waals surface area contributed by atoms with E-state index in [1.165, 1.54) is 5.56 Å². The number of hydrogen-bond donors (Lipinski definition) is 0. The maximum absolute atomic E-state index is 5.69. The lowest BCUT2D eigenvalue weighted by Crippen LogP contribution is -2.45. The van der Waals surface area contributed by atoms with E-state index in [0.717, 1.165) is 55.3 Å². The third-order valence-corrected chi connectivity index (χ3v) is 5.88. The Morgan fingerprint density at radius 2 is 1.52 bits per heavy atom. The molecule has 0 radical (unpaired) electrons. The molecule has 0 atom stereocenters. The topological polar surface area (TPSA) is 80.7 Å². The lowest BCUT2D eigenvalue weighted by molar-refractivity contribution is 0.111. The van der Waals surface area contributed by atoms with Gasteiger partial charge in [-0.05, 0) is 31.2 Å². The van der Waals surface area contributed by atoms with E-state index in [1.807, 2.05) is 36.4 Å². The minimum Gasteiger partial charge on any atom is -0.497 e. The van der Waals surface area contributed by atoms with Crippen LogP contribution in [0.15, 0.2) is 63.7 Å². The van der Waals surface area contributed by atoms with Crippen molar-refractivity contribution >= 4 is 0 Å². The predicted molar refractivity (Wildman–Crippen MR) is 124 cm³/mol. The first-order valence-electron chi connectivity index (χ1n) is 11.1. The number of aromatic nitrogens is 3. The summed E-state index contributed by atoms with van der Waals surface area (Å²) < 4.78 is 16.4. The third kappa shape index (κ3) is 5.13. The van der Waals surface area contributed by atoms with E-state index in [0.29, 0.717) is 24.2 Å². The van der Waals surface area contributed by atoms with Gasteiger partial charge in [-0.15, -0.1) is 0 Å². The molecule has 0 aliphatic carbocycles. The van der Waals surface area contributed by atoms with Crippen molar-refractivity contribution in [3.63, 3.8) is 0 Å². The van der Waals surface area contributed by atoms with E-state index in [-0.39, 0.29) is 0 Å². The summed E-state index contributed by atoms with van der Waals surface area (Å²) in [5.74, 6) is 2.74. The van der Waals surface area contributed by atoms with E-state index < -0.39 is 0 Å². The molecule has 170 valence electrons. The Bertz CT molecular complexity index is 1180. The van der Waals surface area contributed by atoms with Gasteiger partial charge in [0.2, 0.25) is 17.6 Å². The first-order chi connectivity index (χ1) is 16.2. The molecule has 3 heterocycles. The van der Waals surface area contributed by atoms with Gasteiger partial charge < -0.3 is 13.7 Å². The Kier molecular flexibility index (Phi) is 6.19. The summed E-state index contributed by atoms with van der Waals surface area (Å²) in [6.45, 7) is 7.27. The zero-order valence-corrected chi connectivity index (χ0v) is 18.9. The molecule has 8 nitrogen and oxygen atoms in total. The minimum absolute atomic E-state index is 0.632. The van der Waals surface area contributed by atoms with Crippen LogP contribution in [0.2, 0.25) is 0 Å². The minimum atomic E-state index is 0.632.